The van der Waals surface area contributed by atoms with Crippen molar-refractivity contribution >= 4 is 39.1 Å². The van der Waals surface area contributed by atoms with Crippen LogP contribution in [-0.2, 0) is 10.0 Å². The van der Waals surface area contributed by atoms with Crippen LogP contribution in [0.1, 0.15) is 6.42 Å². The molecule has 1 N–H and O–H groups in total. The number of nitrogens with one attached hydrogen (secondary N) is 1. The molecule has 0 aromatic heterocycles. The molecule has 0 radical (unpaired) electrons. The molecular formula is C10H14ClNO2S2. The van der Waals surface area contributed by atoms with Crippen molar-refractivity contribution in [3.8, 4) is 0 Å². The number of sulfonamides is 1. The second kappa shape index (κ2) is 6.37. The van der Waals surface area contributed by atoms with Gasteiger partial charge in [-0.05, 0) is 30.9 Å². The van der Waals surface area contributed by atoms with Crippen LogP contribution in [0.3, 0.4) is 0 Å². The van der Waals surface area contributed by atoms with E-state index in [0.717, 1.165) is 4.90 Å². The van der Waals surface area contributed by atoms with Gasteiger partial charge in [-0.3, -0.25) is 4.72 Å². The van der Waals surface area contributed by atoms with Crippen LogP contribution in [0.25, 0.3) is 0 Å². The number of thioether (sulfide) groups is 1. The lowest BCUT2D eigenvalue weighted by Crippen LogP contribution is -2.16. The Hall–Kier alpha value is -0.390. The number of benzene rings is 1. The molecule has 0 unspecified atom stereocenters. The predicted octanol–water partition coefficient (Wildman–Crippen LogP) is 2.78. The fourth-order valence-corrected chi connectivity index (χ4v) is 3.03. The number of halogens is 1. The zero-order valence-corrected chi connectivity index (χ0v) is 11.3. The van der Waals surface area contributed by atoms with Crippen molar-refractivity contribution in [1.82, 2.24) is 0 Å². The van der Waals surface area contributed by atoms with Crippen molar-refractivity contribution < 1.29 is 8.42 Å². The van der Waals surface area contributed by atoms with E-state index in [1.807, 2.05) is 24.5 Å². The summed E-state index contributed by atoms with van der Waals surface area (Å²) in [7, 11) is -3.27. The van der Waals surface area contributed by atoms with E-state index in [2.05, 4.69) is 4.72 Å². The minimum absolute atomic E-state index is 0.0556. The SMILES string of the molecule is CSc1cccc(NS(=O)(=O)CCCCl)c1. The van der Waals surface area contributed by atoms with E-state index in [1.54, 1.807) is 17.8 Å². The first kappa shape index (κ1) is 13.7. The third-order valence-corrected chi connectivity index (χ3v) is 4.26. The van der Waals surface area contributed by atoms with E-state index >= 15 is 0 Å². The molecule has 0 spiro atoms. The van der Waals surface area contributed by atoms with E-state index in [-0.39, 0.29) is 5.75 Å². The van der Waals surface area contributed by atoms with E-state index < -0.39 is 10.0 Å². The Morgan fingerprint density at radius 2 is 2.19 bits per heavy atom. The van der Waals surface area contributed by atoms with Gasteiger partial charge in [0.05, 0.1) is 5.75 Å². The fourth-order valence-electron chi connectivity index (χ4n) is 1.16. The molecule has 90 valence electrons. The van der Waals surface area contributed by atoms with Gasteiger partial charge in [-0.15, -0.1) is 23.4 Å². The van der Waals surface area contributed by atoms with Crippen LogP contribution in [0.2, 0.25) is 0 Å². The van der Waals surface area contributed by atoms with Crippen LogP contribution < -0.4 is 4.72 Å². The molecule has 0 aliphatic rings. The molecule has 0 aliphatic heterocycles. The summed E-state index contributed by atoms with van der Waals surface area (Å²) in [5.41, 5.74) is 0.599. The summed E-state index contributed by atoms with van der Waals surface area (Å²) in [6.07, 6.45) is 2.40. The Bertz CT molecular complexity index is 434. The molecule has 0 atom stereocenters. The average Bonchev–Trinajstić information content (AvgIpc) is 2.26. The molecule has 6 heteroatoms. The molecule has 0 heterocycles. The molecule has 16 heavy (non-hydrogen) atoms. The van der Waals surface area contributed by atoms with Crippen LogP contribution in [0, 0.1) is 0 Å². The lowest BCUT2D eigenvalue weighted by atomic mass is 10.3. The summed E-state index contributed by atoms with van der Waals surface area (Å²) in [6.45, 7) is 0. The Kier molecular flexibility index (Phi) is 5.44. The lowest BCUT2D eigenvalue weighted by molar-refractivity contribution is 0.600. The minimum atomic E-state index is -3.27. The summed E-state index contributed by atoms with van der Waals surface area (Å²) in [6, 6.07) is 7.30. The first-order chi connectivity index (χ1) is 7.57. The van der Waals surface area contributed by atoms with Crippen molar-refractivity contribution in [1.29, 1.82) is 0 Å². The van der Waals surface area contributed by atoms with Gasteiger partial charge in [0, 0.05) is 16.5 Å². The highest BCUT2D eigenvalue weighted by molar-refractivity contribution is 7.98. The van der Waals surface area contributed by atoms with Crippen LogP contribution in [-0.4, -0.2) is 26.3 Å². The van der Waals surface area contributed by atoms with Gasteiger partial charge in [0.1, 0.15) is 0 Å². The average molecular weight is 280 g/mol. The number of rotatable bonds is 6. The molecular weight excluding hydrogens is 266 g/mol. The van der Waals surface area contributed by atoms with Crippen LogP contribution in [0.4, 0.5) is 5.69 Å². The molecule has 1 aromatic carbocycles. The van der Waals surface area contributed by atoms with E-state index in [9.17, 15) is 8.42 Å². The fraction of sp³-hybridized carbons (Fsp3) is 0.400. The predicted molar refractivity (Wildman–Crippen MR) is 71.0 cm³/mol. The Morgan fingerprint density at radius 1 is 1.44 bits per heavy atom. The van der Waals surface area contributed by atoms with Crippen molar-refractivity contribution in [3.63, 3.8) is 0 Å². The maximum atomic E-state index is 11.6. The molecule has 1 rings (SSSR count). The third kappa shape index (κ3) is 4.63. The van der Waals surface area contributed by atoms with Crippen molar-refractivity contribution in [2.24, 2.45) is 0 Å². The van der Waals surface area contributed by atoms with E-state index in [1.165, 1.54) is 0 Å². The second-order valence-corrected chi connectivity index (χ2v) is 6.29. The monoisotopic (exact) mass is 279 g/mol. The van der Waals surface area contributed by atoms with Gasteiger partial charge in [0.15, 0.2) is 0 Å². The second-order valence-electron chi connectivity index (χ2n) is 3.20. The highest BCUT2D eigenvalue weighted by atomic mass is 35.5. The minimum Gasteiger partial charge on any atom is -0.284 e. The normalized spacial score (nSPS) is 11.4. The van der Waals surface area contributed by atoms with Gasteiger partial charge >= 0.3 is 0 Å². The molecule has 0 bridgehead atoms. The zero-order valence-electron chi connectivity index (χ0n) is 8.94. The largest absolute Gasteiger partial charge is 0.284 e. The number of alkyl halides is 1. The smallest absolute Gasteiger partial charge is 0.232 e. The molecule has 3 nitrogen and oxygen atoms in total. The summed E-state index contributed by atoms with van der Waals surface area (Å²) in [5, 5.41) is 0. The van der Waals surface area contributed by atoms with Gasteiger partial charge in [-0.1, -0.05) is 6.07 Å². The maximum Gasteiger partial charge on any atom is 0.232 e. The third-order valence-electron chi connectivity index (χ3n) is 1.89. The molecule has 0 saturated carbocycles. The van der Waals surface area contributed by atoms with Gasteiger partial charge in [-0.2, -0.15) is 0 Å². The Labute approximate surface area is 106 Å². The van der Waals surface area contributed by atoms with Crippen molar-refractivity contribution in [2.75, 3.05) is 22.6 Å². The van der Waals surface area contributed by atoms with E-state index in [0.29, 0.717) is 18.0 Å². The summed E-state index contributed by atoms with van der Waals surface area (Å²) in [4.78, 5) is 1.03. The van der Waals surface area contributed by atoms with Gasteiger partial charge in [-0.25, -0.2) is 8.42 Å². The van der Waals surface area contributed by atoms with Crippen LogP contribution in [0.15, 0.2) is 29.2 Å². The number of hydrogen-bond donors (Lipinski definition) is 1. The number of anilines is 1. The highest BCUT2D eigenvalue weighted by Gasteiger charge is 2.09. The van der Waals surface area contributed by atoms with Crippen molar-refractivity contribution in [2.45, 2.75) is 11.3 Å². The van der Waals surface area contributed by atoms with Crippen LogP contribution in [0.5, 0.6) is 0 Å². The topological polar surface area (TPSA) is 46.2 Å². The van der Waals surface area contributed by atoms with Gasteiger partial charge < -0.3 is 0 Å². The molecule has 0 amide bonds. The molecule has 0 saturated heterocycles. The van der Waals surface area contributed by atoms with Gasteiger partial charge in [0.25, 0.3) is 0 Å². The standard InChI is InChI=1S/C10H14ClNO2S2/c1-15-10-5-2-4-9(8-10)12-16(13,14)7-3-6-11/h2,4-5,8,12H,3,6-7H2,1H3. The highest BCUT2D eigenvalue weighted by Crippen LogP contribution is 2.19. The Morgan fingerprint density at radius 3 is 2.81 bits per heavy atom. The first-order valence-corrected chi connectivity index (χ1v) is 8.19. The zero-order chi connectivity index (χ0) is 12.0. The quantitative estimate of drug-likeness (QED) is 0.643. The lowest BCUT2D eigenvalue weighted by Gasteiger charge is -2.08. The molecule has 0 fully saturated rings. The summed E-state index contributed by atoms with van der Waals surface area (Å²) < 4.78 is 25.7. The van der Waals surface area contributed by atoms with Crippen molar-refractivity contribution in [3.05, 3.63) is 24.3 Å². The maximum absolute atomic E-state index is 11.6. The summed E-state index contributed by atoms with van der Waals surface area (Å²) >= 11 is 7.03. The first-order valence-electron chi connectivity index (χ1n) is 4.78. The number of hydrogen-bond acceptors (Lipinski definition) is 3. The summed E-state index contributed by atoms with van der Waals surface area (Å²) in [5.74, 6) is 0.408. The van der Waals surface area contributed by atoms with Crippen LogP contribution >= 0.6 is 23.4 Å². The molecule has 0 aliphatic carbocycles. The van der Waals surface area contributed by atoms with E-state index in [4.69, 9.17) is 11.6 Å². The molecule has 1 aromatic rings. The van der Waals surface area contributed by atoms with Gasteiger partial charge in [0.2, 0.25) is 10.0 Å². The Balaban J connectivity index is 2.72.